The van der Waals surface area contributed by atoms with Crippen LogP contribution in [0.5, 0.6) is 0 Å². The van der Waals surface area contributed by atoms with Gasteiger partial charge in [0.1, 0.15) is 5.82 Å². The molecule has 0 atom stereocenters. The number of rotatable bonds is 3. The first-order chi connectivity index (χ1) is 9.56. The van der Waals surface area contributed by atoms with Crippen molar-refractivity contribution < 1.29 is 9.18 Å². The van der Waals surface area contributed by atoms with Crippen LogP contribution in [0.3, 0.4) is 0 Å². The van der Waals surface area contributed by atoms with Crippen molar-refractivity contribution in [2.45, 2.75) is 6.92 Å². The van der Waals surface area contributed by atoms with E-state index in [1.807, 2.05) is 0 Å². The number of hydrogen-bond donors (Lipinski definition) is 1. The monoisotopic (exact) mass is 334 g/mol. The molecule has 2 aromatic rings. The van der Waals surface area contributed by atoms with Crippen molar-refractivity contribution in [3.05, 3.63) is 69.9 Å². The normalized spacial score (nSPS) is 11.2. The molecular formula is C15H12BrFN2O. The molecule has 3 nitrogen and oxygen atoms in total. The molecule has 0 saturated carbocycles. The molecule has 0 bridgehead atoms. The zero-order chi connectivity index (χ0) is 14.5. The highest BCUT2D eigenvalue weighted by Gasteiger charge is 2.04. The lowest BCUT2D eigenvalue weighted by Gasteiger charge is -2.03. The van der Waals surface area contributed by atoms with Gasteiger partial charge in [0.25, 0.3) is 5.91 Å². The van der Waals surface area contributed by atoms with Gasteiger partial charge in [0.2, 0.25) is 0 Å². The minimum Gasteiger partial charge on any atom is -0.267 e. The molecule has 0 aromatic heterocycles. The summed E-state index contributed by atoms with van der Waals surface area (Å²) in [7, 11) is 0. The molecule has 0 fully saturated rings. The highest BCUT2D eigenvalue weighted by atomic mass is 79.9. The summed E-state index contributed by atoms with van der Waals surface area (Å²) in [5.74, 6) is -0.598. The Morgan fingerprint density at radius 2 is 1.60 bits per heavy atom. The van der Waals surface area contributed by atoms with E-state index in [0.717, 1.165) is 10.0 Å². The Hall–Kier alpha value is -2.01. The number of hydrogen-bond acceptors (Lipinski definition) is 2. The number of nitrogens with one attached hydrogen (secondary N) is 1. The smallest absolute Gasteiger partial charge is 0.267 e. The van der Waals surface area contributed by atoms with Crippen LogP contribution in [-0.2, 0) is 0 Å². The van der Waals surface area contributed by atoms with E-state index in [1.165, 1.54) is 12.1 Å². The maximum atomic E-state index is 12.8. The third-order valence-corrected chi connectivity index (χ3v) is 3.22. The Bertz CT molecular complexity index is 636. The van der Waals surface area contributed by atoms with E-state index in [2.05, 4.69) is 26.5 Å². The summed E-state index contributed by atoms with van der Waals surface area (Å²) in [5.41, 5.74) is 4.35. The van der Waals surface area contributed by atoms with Gasteiger partial charge in [-0.15, -0.1) is 0 Å². The minimum absolute atomic E-state index is 0.293. The fraction of sp³-hybridized carbons (Fsp3) is 0.0667. The summed E-state index contributed by atoms with van der Waals surface area (Å²) in [6.45, 7) is 1.75. The summed E-state index contributed by atoms with van der Waals surface area (Å²) >= 11 is 3.30. The largest absolute Gasteiger partial charge is 0.271 e. The first-order valence-corrected chi connectivity index (χ1v) is 6.72. The zero-order valence-electron chi connectivity index (χ0n) is 10.7. The Morgan fingerprint density at radius 3 is 2.20 bits per heavy atom. The predicted octanol–water partition coefficient (Wildman–Crippen LogP) is 3.74. The highest BCUT2D eigenvalue weighted by molar-refractivity contribution is 9.10. The summed E-state index contributed by atoms with van der Waals surface area (Å²) in [6.07, 6.45) is 0. The molecule has 0 aliphatic carbocycles. The molecule has 0 aliphatic heterocycles. The Morgan fingerprint density at radius 1 is 1.05 bits per heavy atom. The summed E-state index contributed by atoms with van der Waals surface area (Å²) in [4.78, 5) is 11.9. The predicted molar refractivity (Wildman–Crippen MR) is 80.2 cm³/mol. The number of carbonyl (C=O) groups is 1. The van der Waals surface area contributed by atoms with Gasteiger partial charge in [0.05, 0.1) is 5.71 Å². The third kappa shape index (κ3) is 3.74. The lowest BCUT2D eigenvalue weighted by molar-refractivity contribution is 0.0955. The zero-order valence-corrected chi connectivity index (χ0v) is 12.3. The van der Waals surface area contributed by atoms with Gasteiger partial charge in [-0.1, -0.05) is 28.1 Å². The van der Waals surface area contributed by atoms with Crippen LogP contribution in [0, 0.1) is 5.82 Å². The molecule has 0 radical (unpaired) electrons. The van der Waals surface area contributed by atoms with Crippen LogP contribution < -0.4 is 5.43 Å². The van der Waals surface area contributed by atoms with E-state index in [0.29, 0.717) is 11.3 Å². The summed E-state index contributed by atoms with van der Waals surface area (Å²) < 4.78 is 13.7. The molecule has 5 heteroatoms. The van der Waals surface area contributed by atoms with Crippen LogP contribution in [0.15, 0.2) is 58.1 Å². The fourth-order valence-electron chi connectivity index (χ4n) is 1.56. The second-order valence-electron chi connectivity index (χ2n) is 4.15. The van der Waals surface area contributed by atoms with Crippen molar-refractivity contribution in [1.29, 1.82) is 0 Å². The molecule has 102 valence electrons. The van der Waals surface area contributed by atoms with Crippen molar-refractivity contribution in [3.63, 3.8) is 0 Å². The molecule has 2 aromatic carbocycles. The number of benzene rings is 2. The highest BCUT2D eigenvalue weighted by Crippen LogP contribution is 2.10. The quantitative estimate of drug-likeness (QED) is 0.674. The Labute approximate surface area is 124 Å². The van der Waals surface area contributed by atoms with Gasteiger partial charge in [-0.05, 0) is 48.9 Å². The van der Waals surface area contributed by atoms with Crippen LogP contribution in [0.4, 0.5) is 4.39 Å². The Balaban J connectivity index is 2.06. The van der Waals surface area contributed by atoms with E-state index >= 15 is 0 Å². The van der Waals surface area contributed by atoms with Crippen LogP contribution in [0.2, 0.25) is 0 Å². The number of hydrazone groups is 1. The van der Waals surface area contributed by atoms with Crippen molar-refractivity contribution in [2.75, 3.05) is 0 Å². The molecule has 0 spiro atoms. The molecule has 0 unspecified atom stereocenters. The molecule has 0 heterocycles. The van der Waals surface area contributed by atoms with Crippen LogP contribution in [0.25, 0.3) is 0 Å². The van der Waals surface area contributed by atoms with Gasteiger partial charge >= 0.3 is 0 Å². The molecule has 1 amide bonds. The molecule has 20 heavy (non-hydrogen) atoms. The van der Waals surface area contributed by atoms with Gasteiger partial charge in [-0.2, -0.15) is 5.10 Å². The van der Waals surface area contributed by atoms with Crippen molar-refractivity contribution in [3.8, 4) is 0 Å². The van der Waals surface area contributed by atoms with Gasteiger partial charge in [-0.25, -0.2) is 9.82 Å². The van der Waals surface area contributed by atoms with Crippen LogP contribution in [-0.4, -0.2) is 11.6 Å². The first-order valence-electron chi connectivity index (χ1n) is 5.92. The second-order valence-corrected chi connectivity index (χ2v) is 5.07. The summed E-state index contributed by atoms with van der Waals surface area (Å²) in [5, 5.41) is 4.01. The topological polar surface area (TPSA) is 41.5 Å². The minimum atomic E-state index is -0.305. The lowest BCUT2D eigenvalue weighted by atomic mass is 10.1. The Kier molecular flexibility index (Phi) is 4.63. The molecule has 1 N–H and O–H groups in total. The number of carbonyl (C=O) groups excluding carboxylic acids is 1. The van der Waals surface area contributed by atoms with Gasteiger partial charge in [-0.3, -0.25) is 4.79 Å². The summed E-state index contributed by atoms with van der Waals surface area (Å²) in [6, 6.07) is 12.9. The fourth-order valence-corrected chi connectivity index (χ4v) is 1.82. The lowest BCUT2D eigenvalue weighted by Crippen LogP contribution is -2.19. The van der Waals surface area contributed by atoms with E-state index < -0.39 is 0 Å². The second kappa shape index (κ2) is 6.43. The van der Waals surface area contributed by atoms with Crippen molar-refractivity contribution in [1.82, 2.24) is 5.43 Å². The van der Waals surface area contributed by atoms with Crippen LogP contribution >= 0.6 is 15.9 Å². The average Bonchev–Trinajstić information content (AvgIpc) is 2.46. The standard InChI is InChI=1S/C15H12BrFN2O/c1-10(11-4-8-14(17)9-5-11)18-19-15(20)12-2-6-13(16)7-3-12/h2-9H,1H3,(H,19,20). The maximum Gasteiger partial charge on any atom is 0.271 e. The van der Waals surface area contributed by atoms with Gasteiger partial charge < -0.3 is 0 Å². The van der Waals surface area contributed by atoms with E-state index in [1.54, 1.807) is 43.3 Å². The number of nitrogens with zero attached hydrogens (tertiary/aromatic N) is 1. The number of amides is 1. The van der Waals surface area contributed by atoms with Gasteiger partial charge in [0.15, 0.2) is 0 Å². The van der Waals surface area contributed by atoms with E-state index in [9.17, 15) is 9.18 Å². The molecular weight excluding hydrogens is 323 g/mol. The van der Waals surface area contributed by atoms with Crippen LogP contribution in [0.1, 0.15) is 22.8 Å². The van der Waals surface area contributed by atoms with E-state index in [-0.39, 0.29) is 11.7 Å². The average molecular weight is 335 g/mol. The first kappa shape index (κ1) is 14.4. The van der Waals surface area contributed by atoms with E-state index in [4.69, 9.17) is 0 Å². The number of halogens is 2. The molecule has 0 saturated heterocycles. The van der Waals surface area contributed by atoms with Gasteiger partial charge in [0, 0.05) is 10.0 Å². The SMILES string of the molecule is CC(=NNC(=O)c1ccc(Br)cc1)c1ccc(F)cc1. The van der Waals surface area contributed by atoms with Crippen molar-refractivity contribution in [2.24, 2.45) is 5.10 Å². The maximum absolute atomic E-state index is 12.8. The third-order valence-electron chi connectivity index (χ3n) is 2.69. The molecule has 2 rings (SSSR count). The van der Waals surface area contributed by atoms with Crippen molar-refractivity contribution >= 4 is 27.5 Å². The molecule has 0 aliphatic rings.